The number of fused-ring (bicyclic) bond motifs is 1. The van der Waals surface area contributed by atoms with Crippen molar-refractivity contribution in [1.82, 2.24) is 4.90 Å². The van der Waals surface area contributed by atoms with E-state index in [0.29, 0.717) is 18.4 Å². The Labute approximate surface area is 118 Å². The molecule has 2 fully saturated rings. The second-order valence-corrected chi connectivity index (χ2v) is 6.22. The third kappa shape index (κ3) is 1.94. The van der Waals surface area contributed by atoms with Crippen LogP contribution in [0.1, 0.15) is 19.4 Å². The molecule has 0 N–H and O–H groups in total. The molecule has 20 heavy (non-hydrogen) atoms. The molecule has 1 saturated carbocycles. The Hall–Kier alpha value is -2.02. The lowest BCUT2D eigenvalue weighted by atomic mass is 10.0. The van der Waals surface area contributed by atoms with Crippen LogP contribution in [0.15, 0.2) is 30.3 Å². The van der Waals surface area contributed by atoms with E-state index >= 15 is 0 Å². The number of carbonyl (C=O) groups is 1. The van der Waals surface area contributed by atoms with Crippen LogP contribution in [0.5, 0.6) is 0 Å². The van der Waals surface area contributed by atoms with Crippen LogP contribution in [0.25, 0.3) is 0 Å². The van der Waals surface area contributed by atoms with Crippen LogP contribution in [-0.4, -0.2) is 23.6 Å². The molecule has 1 aliphatic heterocycles. The van der Waals surface area contributed by atoms with Crippen LogP contribution < -0.4 is 0 Å². The number of nitriles is 1. The Bertz CT molecular complexity index is 562. The van der Waals surface area contributed by atoms with E-state index in [0.717, 1.165) is 5.56 Å². The van der Waals surface area contributed by atoms with E-state index in [1.165, 1.54) is 0 Å². The van der Waals surface area contributed by atoms with Gasteiger partial charge in [0.25, 0.3) is 0 Å². The fourth-order valence-electron chi connectivity index (χ4n) is 3.42. The van der Waals surface area contributed by atoms with Crippen LogP contribution in [-0.2, 0) is 11.3 Å². The lowest BCUT2D eigenvalue weighted by molar-refractivity contribution is 0.0880. The molecule has 4 nitrogen and oxygen atoms in total. The van der Waals surface area contributed by atoms with Crippen LogP contribution in [0.3, 0.4) is 0 Å². The molecule has 0 aromatic heterocycles. The normalized spacial score (nSPS) is 29.4. The topological polar surface area (TPSA) is 53.3 Å². The molecule has 0 spiro atoms. The maximum atomic E-state index is 12.1. The van der Waals surface area contributed by atoms with Crippen LogP contribution >= 0.6 is 0 Å². The molecular weight excluding hydrogens is 252 g/mol. The number of rotatable bonds is 2. The molecule has 3 rings (SSSR count). The molecule has 1 amide bonds. The maximum absolute atomic E-state index is 12.1. The van der Waals surface area contributed by atoms with Gasteiger partial charge in [-0.3, -0.25) is 4.90 Å². The SMILES string of the molecule is CC1(C)C2CN(C(=O)OCc3ccccc3)C(C#N)C21. The Kier molecular flexibility index (Phi) is 2.93. The fourth-order valence-corrected chi connectivity index (χ4v) is 3.42. The highest BCUT2D eigenvalue weighted by Crippen LogP contribution is 2.64. The molecule has 1 heterocycles. The maximum Gasteiger partial charge on any atom is 0.411 e. The predicted octanol–water partition coefficient (Wildman–Crippen LogP) is 2.80. The molecule has 3 unspecified atom stereocenters. The molecule has 1 aromatic rings. The quantitative estimate of drug-likeness (QED) is 0.830. The van der Waals surface area contributed by atoms with Crippen LogP contribution in [0.2, 0.25) is 0 Å². The van der Waals surface area contributed by atoms with E-state index in [1.807, 2.05) is 30.3 Å². The molecule has 0 bridgehead atoms. The molecule has 1 aliphatic carbocycles. The van der Waals surface area contributed by atoms with Crippen molar-refractivity contribution in [2.24, 2.45) is 17.3 Å². The van der Waals surface area contributed by atoms with Gasteiger partial charge in [-0.05, 0) is 16.9 Å². The molecule has 2 aliphatic rings. The van der Waals surface area contributed by atoms with Gasteiger partial charge in [0.2, 0.25) is 0 Å². The Morgan fingerprint density at radius 1 is 1.45 bits per heavy atom. The summed E-state index contributed by atoms with van der Waals surface area (Å²) in [5, 5.41) is 9.30. The van der Waals surface area contributed by atoms with Gasteiger partial charge in [-0.25, -0.2) is 4.79 Å². The molecule has 4 heteroatoms. The molecule has 3 atom stereocenters. The first-order valence-corrected chi connectivity index (χ1v) is 6.92. The highest BCUT2D eigenvalue weighted by atomic mass is 16.6. The minimum atomic E-state index is -0.372. The number of likely N-dealkylation sites (tertiary alicyclic amines) is 1. The van der Waals surface area contributed by atoms with Gasteiger partial charge in [-0.2, -0.15) is 5.26 Å². The number of ether oxygens (including phenoxy) is 1. The summed E-state index contributed by atoms with van der Waals surface area (Å²) in [4.78, 5) is 13.7. The van der Waals surface area contributed by atoms with Crippen LogP contribution in [0, 0.1) is 28.6 Å². The van der Waals surface area contributed by atoms with Gasteiger partial charge in [-0.15, -0.1) is 0 Å². The highest BCUT2D eigenvalue weighted by molar-refractivity contribution is 5.70. The van der Waals surface area contributed by atoms with E-state index < -0.39 is 0 Å². The van der Waals surface area contributed by atoms with Gasteiger partial charge in [0, 0.05) is 12.5 Å². The van der Waals surface area contributed by atoms with Gasteiger partial charge in [0.15, 0.2) is 0 Å². The van der Waals surface area contributed by atoms with Crippen molar-refractivity contribution < 1.29 is 9.53 Å². The standard InChI is InChI=1S/C16H18N2O2/c1-16(2)12-9-18(13(8-17)14(12)16)15(19)20-10-11-6-4-3-5-7-11/h3-7,12-14H,9-10H2,1-2H3. The summed E-state index contributed by atoms with van der Waals surface area (Å²) in [6.45, 7) is 5.23. The van der Waals surface area contributed by atoms with Gasteiger partial charge in [0.1, 0.15) is 12.6 Å². The third-order valence-corrected chi connectivity index (χ3v) is 4.78. The summed E-state index contributed by atoms with van der Waals surface area (Å²) in [5.41, 5.74) is 1.15. The fraction of sp³-hybridized carbons (Fsp3) is 0.500. The Morgan fingerprint density at radius 3 is 2.80 bits per heavy atom. The van der Waals surface area contributed by atoms with E-state index in [2.05, 4.69) is 19.9 Å². The van der Waals surface area contributed by atoms with Crippen molar-refractivity contribution in [3.8, 4) is 6.07 Å². The zero-order valence-electron chi connectivity index (χ0n) is 11.7. The number of hydrogen-bond acceptors (Lipinski definition) is 3. The van der Waals surface area contributed by atoms with Crippen molar-refractivity contribution in [3.05, 3.63) is 35.9 Å². The summed E-state index contributed by atoms with van der Waals surface area (Å²) in [7, 11) is 0. The molecule has 104 valence electrons. The first kappa shape index (κ1) is 13.0. The summed E-state index contributed by atoms with van der Waals surface area (Å²) in [5.74, 6) is 0.744. The average Bonchev–Trinajstić information content (AvgIpc) is 2.84. The van der Waals surface area contributed by atoms with Crippen molar-refractivity contribution in [3.63, 3.8) is 0 Å². The average molecular weight is 270 g/mol. The second kappa shape index (κ2) is 4.52. The van der Waals surface area contributed by atoms with E-state index in [9.17, 15) is 10.1 Å². The number of hydrogen-bond donors (Lipinski definition) is 0. The Balaban J connectivity index is 1.61. The highest BCUT2D eigenvalue weighted by Gasteiger charge is 2.68. The molecule has 0 radical (unpaired) electrons. The van der Waals surface area contributed by atoms with Gasteiger partial charge < -0.3 is 4.74 Å². The van der Waals surface area contributed by atoms with Crippen molar-refractivity contribution in [2.45, 2.75) is 26.5 Å². The van der Waals surface area contributed by atoms with E-state index in [4.69, 9.17) is 4.74 Å². The minimum Gasteiger partial charge on any atom is -0.445 e. The van der Waals surface area contributed by atoms with Crippen molar-refractivity contribution in [1.29, 1.82) is 5.26 Å². The number of piperidine rings is 1. The lowest BCUT2D eigenvalue weighted by Crippen LogP contribution is -2.40. The lowest BCUT2D eigenvalue weighted by Gasteiger charge is -2.25. The first-order chi connectivity index (χ1) is 9.55. The number of nitrogens with zero attached hydrogens (tertiary/aromatic N) is 2. The molecular formula is C16H18N2O2. The summed E-state index contributed by atoms with van der Waals surface area (Å²) >= 11 is 0. The third-order valence-electron chi connectivity index (χ3n) is 4.78. The number of carbonyl (C=O) groups excluding carboxylic acids is 1. The minimum absolute atomic E-state index is 0.191. The van der Waals surface area contributed by atoms with Gasteiger partial charge >= 0.3 is 6.09 Å². The zero-order valence-corrected chi connectivity index (χ0v) is 11.7. The smallest absolute Gasteiger partial charge is 0.411 e. The largest absolute Gasteiger partial charge is 0.445 e. The summed E-state index contributed by atoms with van der Waals surface area (Å²) < 4.78 is 5.32. The Morgan fingerprint density at radius 2 is 2.15 bits per heavy atom. The van der Waals surface area contributed by atoms with Gasteiger partial charge in [-0.1, -0.05) is 44.2 Å². The van der Waals surface area contributed by atoms with E-state index in [-0.39, 0.29) is 24.2 Å². The molecule has 1 saturated heterocycles. The number of amides is 1. The zero-order chi connectivity index (χ0) is 14.3. The monoisotopic (exact) mass is 270 g/mol. The summed E-state index contributed by atoms with van der Waals surface area (Å²) in [6.07, 6.45) is -0.372. The van der Waals surface area contributed by atoms with Crippen molar-refractivity contribution in [2.75, 3.05) is 6.54 Å². The van der Waals surface area contributed by atoms with E-state index in [1.54, 1.807) is 4.90 Å². The first-order valence-electron chi connectivity index (χ1n) is 6.92. The van der Waals surface area contributed by atoms with Gasteiger partial charge in [0.05, 0.1) is 6.07 Å². The summed E-state index contributed by atoms with van der Waals surface area (Å²) in [6, 6.07) is 11.5. The second-order valence-electron chi connectivity index (χ2n) is 6.22. The number of benzene rings is 1. The van der Waals surface area contributed by atoms with Crippen molar-refractivity contribution >= 4 is 6.09 Å². The molecule has 1 aromatic carbocycles. The van der Waals surface area contributed by atoms with Crippen LogP contribution in [0.4, 0.5) is 4.79 Å². The predicted molar refractivity (Wildman–Crippen MR) is 73.5 cm³/mol.